The molecule has 0 aliphatic rings. The maximum atomic E-state index is 12.8. The molecule has 30 heavy (non-hydrogen) atoms. The van der Waals surface area contributed by atoms with Gasteiger partial charge in [0.2, 0.25) is 5.96 Å². The number of aliphatic imine (C=N–C) groups is 1. The van der Waals surface area contributed by atoms with E-state index in [4.69, 9.17) is 10.00 Å². The highest BCUT2D eigenvalue weighted by atomic mass is 19.1. The first-order chi connectivity index (χ1) is 14.8. The molecule has 160 valence electrons. The lowest BCUT2D eigenvalue weighted by atomic mass is 10.1. The van der Waals surface area contributed by atoms with E-state index in [0.29, 0.717) is 19.1 Å². The predicted octanol–water partition coefficient (Wildman–Crippen LogP) is 5.26. The first-order valence-electron chi connectivity index (χ1n) is 10.5. The molecule has 0 aliphatic carbocycles. The SMILES string of the molecule is N#CNC(=NCCCCCCCCCCOc1ccc(F)cc1)Nc1ccncc1. The third kappa shape index (κ3) is 10.4. The molecule has 2 aromatic rings. The Balaban J connectivity index is 1.44. The Kier molecular flexibility index (Phi) is 11.4. The van der Waals surface area contributed by atoms with E-state index in [1.807, 2.05) is 18.3 Å². The Bertz CT molecular complexity index is 774. The summed E-state index contributed by atoms with van der Waals surface area (Å²) in [5, 5.41) is 14.5. The summed E-state index contributed by atoms with van der Waals surface area (Å²) < 4.78 is 18.4. The Morgan fingerprint density at radius 1 is 0.933 bits per heavy atom. The zero-order valence-electron chi connectivity index (χ0n) is 17.3. The number of anilines is 1. The van der Waals surface area contributed by atoms with Crippen LogP contribution in [-0.4, -0.2) is 24.1 Å². The number of halogens is 1. The Hall–Kier alpha value is -3.14. The molecule has 0 fully saturated rings. The quantitative estimate of drug-likeness (QED) is 0.154. The molecule has 1 heterocycles. The summed E-state index contributed by atoms with van der Waals surface area (Å²) in [5.41, 5.74) is 0.842. The van der Waals surface area contributed by atoms with Crippen molar-refractivity contribution in [1.29, 1.82) is 5.26 Å². The molecule has 0 aliphatic heterocycles. The van der Waals surface area contributed by atoms with Gasteiger partial charge in [-0.2, -0.15) is 5.26 Å². The van der Waals surface area contributed by atoms with E-state index < -0.39 is 0 Å². The van der Waals surface area contributed by atoms with Gasteiger partial charge in [0, 0.05) is 24.6 Å². The number of hydrogen-bond donors (Lipinski definition) is 2. The van der Waals surface area contributed by atoms with Crippen LogP contribution >= 0.6 is 0 Å². The highest BCUT2D eigenvalue weighted by Crippen LogP contribution is 2.13. The van der Waals surface area contributed by atoms with Crippen molar-refractivity contribution in [3.63, 3.8) is 0 Å². The predicted molar refractivity (Wildman–Crippen MR) is 118 cm³/mol. The van der Waals surface area contributed by atoms with Crippen molar-refractivity contribution in [1.82, 2.24) is 10.3 Å². The smallest absolute Gasteiger partial charge is 0.209 e. The lowest BCUT2D eigenvalue weighted by Crippen LogP contribution is -2.27. The van der Waals surface area contributed by atoms with Gasteiger partial charge >= 0.3 is 0 Å². The van der Waals surface area contributed by atoms with Crippen molar-refractivity contribution in [3.05, 3.63) is 54.6 Å². The Labute approximate surface area is 178 Å². The standard InChI is InChI=1S/C23H30FN5O/c24-20-9-11-22(12-10-20)30-18-8-6-4-2-1-3-5-7-15-27-23(28-19-25)29-21-13-16-26-17-14-21/h9-14,16-17H,1-8,15,18H2,(H2,26,27,28,29). The third-order valence-electron chi connectivity index (χ3n) is 4.52. The van der Waals surface area contributed by atoms with Gasteiger partial charge in [0.25, 0.3) is 0 Å². The van der Waals surface area contributed by atoms with Crippen molar-refractivity contribution in [2.75, 3.05) is 18.5 Å². The number of nitriles is 1. The van der Waals surface area contributed by atoms with Crippen LogP contribution in [0.15, 0.2) is 53.8 Å². The lowest BCUT2D eigenvalue weighted by molar-refractivity contribution is 0.304. The molecule has 1 aromatic carbocycles. The average molecular weight is 412 g/mol. The molecule has 2 rings (SSSR count). The van der Waals surface area contributed by atoms with Crippen molar-refractivity contribution in [3.8, 4) is 11.9 Å². The van der Waals surface area contributed by atoms with Crippen LogP contribution in [0.4, 0.5) is 10.1 Å². The fourth-order valence-electron chi connectivity index (χ4n) is 2.92. The van der Waals surface area contributed by atoms with Crippen LogP contribution < -0.4 is 15.4 Å². The molecule has 0 amide bonds. The number of unbranched alkanes of at least 4 members (excludes halogenated alkanes) is 7. The molecule has 7 heteroatoms. The third-order valence-corrected chi connectivity index (χ3v) is 4.52. The maximum Gasteiger partial charge on any atom is 0.209 e. The lowest BCUT2D eigenvalue weighted by Gasteiger charge is -2.07. The number of aromatic nitrogens is 1. The van der Waals surface area contributed by atoms with Crippen LogP contribution in [-0.2, 0) is 0 Å². The van der Waals surface area contributed by atoms with Gasteiger partial charge < -0.3 is 10.1 Å². The van der Waals surface area contributed by atoms with E-state index in [0.717, 1.165) is 37.1 Å². The molecule has 1 aromatic heterocycles. The summed E-state index contributed by atoms with van der Waals surface area (Å²) in [6.45, 7) is 1.36. The number of benzene rings is 1. The minimum absolute atomic E-state index is 0.241. The van der Waals surface area contributed by atoms with Gasteiger partial charge in [-0.25, -0.2) is 4.39 Å². The molecule has 0 saturated heterocycles. The molecular weight excluding hydrogens is 381 g/mol. The normalized spacial score (nSPS) is 11.0. The number of rotatable bonds is 13. The molecule has 2 N–H and O–H groups in total. The second-order valence-corrected chi connectivity index (χ2v) is 6.96. The van der Waals surface area contributed by atoms with Gasteiger partial charge in [-0.3, -0.25) is 15.3 Å². The molecule has 0 spiro atoms. The maximum absolute atomic E-state index is 12.8. The number of ether oxygens (including phenoxy) is 1. The van der Waals surface area contributed by atoms with Gasteiger partial charge in [-0.05, 0) is 49.2 Å². The zero-order chi connectivity index (χ0) is 21.3. The molecular formula is C23H30FN5O. The number of pyridine rings is 1. The number of guanidine groups is 1. The average Bonchev–Trinajstić information content (AvgIpc) is 2.76. The monoisotopic (exact) mass is 411 g/mol. The number of nitrogens with zero attached hydrogens (tertiary/aromatic N) is 3. The van der Waals surface area contributed by atoms with E-state index in [-0.39, 0.29) is 5.82 Å². The first kappa shape index (κ1) is 23.1. The summed E-state index contributed by atoms with van der Waals surface area (Å²) in [7, 11) is 0. The molecule has 0 radical (unpaired) electrons. The highest BCUT2D eigenvalue weighted by molar-refractivity contribution is 5.94. The topological polar surface area (TPSA) is 82.3 Å². The van der Waals surface area contributed by atoms with Crippen LogP contribution in [0.25, 0.3) is 0 Å². The van der Waals surface area contributed by atoms with Crippen LogP contribution in [0, 0.1) is 17.3 Å². The van der Waals surface area contributed by atoms with Crippen LogP contribution in [0.3, 0.4) is 0 Å². The van der Waals surface area contributed by atoms with E-state index in [9.17, 15) is 4.39 Å². The van der Waals surface area contributed by atoms with Crippen LogP contribution in [0.5, 0.6) is 5.75 Å². The van der Waals surface area contributed by atoms with Crippen molar-refractivity contribution in [2.45, 2.75) is 51.4 Å². The zero-order valence-corrected chi connectivity index (χ0v) is 17.3. The Morgan fingerprint density at radius 2 is 1.57 bits per heavy atom. The molecule has 0 atom stereocenters. The largest absolute Gasteiger partial charge is 0.494 e. The molecule has 0 unspecified atom stereocenters. The molecule has 0 saturated carbocycles. The minimum Gasteiger partial charge on any atom is -0.494 e. The van der Waals surface area contributed by atoms with E-state index in [2.05, 4.69) is 20.6 Å². The summed E-state index contributed by atoms with van der Waals surface area (Å²) >= 11 is 0. The fraction of sp³-hybridized carbons (Fsp3) is 0.435. The number of nitrogens with one attached hydrogen (secondary N) is 2. The summed E-state index contributed by atoms with van der Waals surface area (Å²) in [6, 6.07) is 9.80. The second-order valence-electron chi connectivity index (χ2n) is 6.96. The van der Waals surface area contributed by atoms with Gasteiger partial charge in [0.05, 0.1) is 6.61 Å². The van der Waals surface area contributed by atoms with Gasteiger partial charge in [-0.15, -0.1) is 0 Å². The second kappa shape index (κ2) is 14.8. The van der Waals surface area contributed by atoms with E-state index in [1.54, 1.807) is 24.5 Å². The summed E-state index contributed by atoms with van der Waals surface area (Å²) in [6.07, 6.45) is 14.4. The van der Waals surface area contributed by atoms with Gasteiger partial charge in [0.1, 0.15) is 11.6 Å². The van der Waals surface area contributed by atoms with Crippen molar-refractivity contribution in [2.24, 2.45) is 4.99 Å². The van der Waals surface area contributed by atoms with Gasteiger partial charge in [-0.1, -0.05) is 38.5 Å². The van der Waals surface area contributed by atoms with Gasteiger partial charge in [0.15, 0.2) is 6.19 Å². The summed E-state index contributed by atoms with van der Waals surface area (Å²) in [5.74, 6) is 0.949. The highest BCUT2D eigenvalue weighted by Gasteiger charge is 1.99. The van der Waals surface area contributed by atoms with E-state index in [1.165, 1.54) is 37.8 Å². The van der Waals surface area contributed by atoms with Crippen LogP contribution in [0.1, 0.15) is 51.4 Å². The van der Waals surface area contributed by atoms with Crippen molar-refractivity contribution < 1.29 is 9.13 Å². The molecule has 6 nitrogen and oxygen atoms in total. The molecule has 0 bridgehead atoms. The number of hydrogen-bond acceptors (Lipinski definition) is 4. The van der Waals surface area contributed by atoms with Crippen LogP contribution in [0.2, 0.25) is 0 Å². The first-order valence-corrected chi connectivity index (χ1v) is 10.5. The minimum atomic E-state index is -0.241. The van der Waals surface area contributed by atoms with E-state index >= 15 is 0 Å². The van der Waals surface area contributed by atoms with Crippen molar-refractivity contribution >= 4 is 11.6 Å². The Morgan fingerprint density at radius 3 is 2.23 bits per heavy atom. The fourth-order valence-corrected chi connectivity index (χ4v) is 2.92. The summed E-state index contributed by atoms with van der Waals surface area (Å²) in [4.78, 5) is 8.39.